The Labute approximate surface area is 186 Å². The summed E-state index contributed by atoms with van der Waals surface area (Å²) in [6.07, 6.45) is 3.80. The van der Waals surface area contributed by atoms with Gasteiger partial charge in [-0.05, 0) is 51.9 Å². The number of methoxy groups -OCH3 is 1. The van der Waals surface area contributed by atoms with E-state index in [1.165, 1.54) is 0 Å². The van der Waals surface area contributed by atoms with Crippen molar-refractivity contribution in [3.63, 3.8) is 0 Å². The predicted molar refractivity (Wildman–Crippen MR) is 127 cm³/mol. The minimum Gasteiger partial charge on any atom is -0.496 e. The van der Waals surface area contributed by atoms with Crippen LogP contribution in [0.15, 0.2) is 18.2 Å². The molecule has 2 aromatic rings. The van der Waals surface area contributed by atoms with E-state index in [-0.39, 0.29) is 12.6 Å². The highest BCUT2D eigenvalue weighted by Gasteiger charge is 2.14. The third-order valence-electron chi connectivity index (χ3n) is 4.52. The highest BCUT2D eigenvalue weighted by molar-refractivity contribution is 5.53. The van der Waals surface area contributed by atoms with E-state index in [4.69, 9.17) is 20.3 Å². The molecule has 8 heteroatoms. The lowest BCUT2D eigenvalue weighted by Gasteiger charge is -2.16. The molecule has 0 spiro atoms. The van der Waals surface area contributed by atoms with Crippen LogP contribution in [0.3, 0.4) is 0 Å². The summed E-state index contributed by atoms with van der Waals surface area (Å²) in [6, 6.07) is 5.96. The van der Waals surface area contributed by atoms with Gasteiger partial charge in [0, 0.05) is 36.9 Å². The van der Waals surface area contributed by atoms with Crippen LogP contribution < -0.4 is 25.8 Å². The van der Waals surface area contributed by atoms with Gasteiger partial charge in [0.15, 0.2) is 0 Å². The molecule has 0 aliphatic carbocycles. The van der Waals surface area contributed by atoms with Crippen molar-refractivity contribution in [2.45, 2.75) is 46.5 Å². The summed E-state index contributed by atoms with van der Waals surface area (Å²) in [6.45, 7) is 8.51. The molecule has 2 rings (SSSR count). The van der Waals surface area contributed by atoms with Gasteiger partial charge in [-0.25, -0.2) is 4.98 Å². The van der Waals surface area contributed by atoms with E-state index in [2.05, 4.69) is 27.5 Å². The molecule has 0 aliphatic heterocycles. The average molecular weight is 434 g/mol. The molecule has 1 aromatic carbocycles. The fourth-order valence-electron chi connectivity index (χ4n) is 2.95. The number of aliphatic hydroxyl groups excluding tert-OH is 1. The number of anilines is 2. The lowest BCUT2D eigenvalue weighted by atomic mass is 10.0. The molecule has 8 nitrogen and oxygen atoms in total. The highest BCUT2D eigenvalue weighted by atomic mass is 16.5. The highest BCUT2D eigenvalue weighted by Crippen LogP contribution is 2.29. The van der Waals surface area contributed by atoms with Gasteiger partial charge in [0.2, 0.25) is 5.95 Å². The summed E-state index contributed by atoms with van der Waals surface area (Å²) in [5, 5.41) is 14.1. The fourth-order valence-corrected chi connectivity index (χ4v) is 2.95. The molecule has 1 heterocycles. The maximum absolute atomic E-state index is 7.57. The molecule has 5 N–H and O–H groups in total. The molecule has 0 atom stereocenters. The van der Waals surface area contributed by atoms with Crippen LogP contribution >= 0.6 is 0 Å². The van der Waals surface area contributed by atoms with Crippen LogP contribution in [0.2, 0.25) is 0 Å². The van der Waals surface area contributed by atoms with E-state index >= 15 is 0 Å². The van der Waals surface area contributed by atoms with E-state index in [1.807, 2.05) is 32.2 Å². The van der Waals surface area contributed by atoms with Crippen LogP contribution in [0, 0.1) is 6.92 Å². The second-order valence-electron chi connectivity index (χ2n) is 7.05. The quantitative estimate of drug-likeness (QED) is 0.377. The van der Waals surface area contributed by atoms with Gasteiger partial charge < -0.3 is 30.9 Å². The Morgan fingerprint density at radius 2 is 1.87 bits per heavy atom. The van der Waals surface area contributed by atoms with Gasteiger partial charge in [0.05, 0.1) is 13.7 Å². The molecule has 0 saturated carbocycles. The third kappa shape index (κ3) is 9.40. The van der Waals surface area contributed by atoms with E-state index in [0.29, 0.717) is 13.0 Å². The average Bonchev–Trinajstić information content (AvgIpc) is 2.75. The van der Waals surface area contributed by atoms with Crippen LogP contribution in [-0.4, -0.2) is 55.5 Å². The van der Waals surface area contributed by atoms with Crippen molar-refractivity contribution < 1.29 is 14.6 Å². The van der Waals surface area contributed by atoms with Crippen molar-refractivity contribution in [2.24, 2.45) is 0 Å². The first-order valence-electron chi connectivity index (χ1n) is 10.9. The zero-order valence-corrected chi connectivity index (χ0v) is 19.6. The minimum atomic E-state index is 0.250. The largest absolute Gasteiger partial charge is 0.496 e. The van der Waals surface area contributed by atoms with Gasteiger partial charge in [-0.2, -0.15) is 4.98 Å². The molecule has 0 amide bonds. The number of nitrogens with zero attached hydrogens (tertiary/aromatic N) is 2. The van der Waals surface area contributed by atoms with E-state index < -0.39 is 0 Å². The number of rotatable bonds is 12. The molecular weight excluding hydrogens is 394 g/mol. The topological polar surface area (TPSA) is 115 Å². The van der Waals surface area contributed by atoms with Gasteiger partial charge in [-0.1, -0.05) is 19.4 Å². The van der Waals surface area contributed by atoms with Crippen LogP contribution in [0.25, 0.3) is 0 Å². The van der Waals surface area contributed by atoms with Crippen molar-refractivity contribution in [1.82, 2.24) is 15.3 Å². The number of nitrogens with two attached hydrogens (primary N) is 1. The van der Waals surface area contributed by atoms with E-state index in [1.54, 1.807) is 14.0 Å². The van der Waals surface area contributed by atoms with Crippen molar-refractivity contribution in [2.75, 3.05) is 51.5 Å². The minimum absolute atomic E-state index is 0.250. The zero-order chi connectivity index (χ0) is 23.1. The van der Waals surface area contributed by atoms with Crippen molar-refractivity contribution in [3.05, 3.63) is 35.0 Å². The smallest absolute Gasteiger partial charge is 0.222 e. The maximum atomic E-state index is 7.57. The molecule has 0 saturated heterocycles. The zero-order valence-electron chi connectivity index (χ0n) is 19.6. The molecule has 174 valence electrons. The first-order valence-corrected chi connectivity index (χ1v) is 10.9. The Bertz CT molecular complexity index is 771. The summed E-state index contributed by atoms with van der Waals surface area (Å²) < 4.78 is 11.4. The Balaban J connectivity index is 0.00000151. The van der Waals surface area contributed by atoms with E-state index in [9.17, 15) is 0 Å². The Morgan fingerprint density at radius 1 is 1.13 bits per heavy atom. The van der Waals surface area contributed by atoms with Crippen LogP contribution in [-0.2, 0) is 6.42 Å². The standard InChI is InChI=1S/C21H33N5O2.C2H6O/c1-5-6-11-24-20-18(15(2)25-21(22)26-20)13-16-8-9-17(14-19(16)27-4)28-12-7-10-23-3;1-2-3/h8-9,14,23H,5-7,10-13H2,1-4H3,(H3,22,24,25,26);3H,2H2,1H3. The molecule has 0 fully saturated rings. The van der Waals surface area contributed by atoms with Gasteiger partial charge >= 0.3 is 0 Å². The maximum Gasteiger partial charge on any atom is 0.222 e. The molecular formula is C23H39N5O3. The number of nitrogen functional groups attached to an aromatic ring is 1. The third-order valence-corrected chi connectivity index (χ3v) is 4.52. The lowest BCUT2D eigenvalue weighted by molar-refractivity contribution is 0.307. The lowest BCUT2D eigenvalue weighted by Crippen LogP contribution is -2.12. The number of aromatic nitrogens is 2. The molecule has 31 heavy (non-hydrogen) atoms. The first kappa shape index (κ1) is 26.5. The van der Waals surface area contributed by atoms with Crippen LogP contribution in [0.1, 0.15) is 49.9 Å². The second kappa shape index (κ2) is 15.3. The summed E-state index contributed by atoms with van der Waals surface area (Å²) in [4.78, 5) is 8.76. The predicted octanol–water partition coefficient (Wildman–Crippen LogP) is 3.17. The summed E-state index contributed by atoms with van der Waals surface area (Å²) >= 11 is 0. The molecule has 1 aromatic heterocycles. The first-order chi connectivity index (χ1) is 15.0. The monoisotopic (exact) mass is 433 g/mol. The summed E-state index contributed by atoms with van der Waals surface area (Å²) in [7, 11) is 3.61. The summed E-state index contributed by atoms with van der Waals surface area (Å²) in [5.74, 6) is 2.69. The number of ether oxygens (including phenoxy) is 2. The van der Waals surface area contributed by atoms with E-state index in [0.717, 1.165) is 66.5 Å². The summed E-state index contributed by atoms with van der Waals surface area (Å²) in [5.41, 5.74) is 8.83. The fraction of sp³-hybridized carbons (Fsp3) is 0.565. The number of aryl methyl sites for hydroxylation is 1. The number of nitrogens with one attached hydrogen (secondary N) is 2. The van der Waals surface area contributed by atoms with Crippen molar-refractivity contribution in [1.29, 1.82) is 0 Å². The molecule has 0 radical (unpaired) electrons. The van der Waals surface area contributed by atoms with Crippen LogP contribution in [0.5, 0.6) is 11.5 Å². The Morgan fingerprint density at radius 3 is 2.52 bits per heavy atom. The van der Waals surface area contributed by atoms with Gasteiger partial charge in [-0.15, -0.1) is 0 Å². The van der Waals surface area contributed by atoms with Gasteiger partial charge in [-0.3, -0.25) is 0 Å². The Kier molecular flexibility index (Phi) is 13.0. The number of unbranched alkanes of at least 4 members (excludes halogenated alkanes) is 1. The Hall–Kier alpha value is -2.58. The van der Waals surface area contributed by atoms with Gasteiger partial charge in [0.25, 0.3) is 0 Å². The number of benzene rings is 1. The number of aliphatic hydroxyl groups is 1. The SMILES string of the molecule is CCCCNc1nc(N)nc(C)c1Cc1ccc(OCCCNC)cc1OC.CCO. The molecule has 0 unspecified atom stereocenters. The van der Waals surface area contributed by atoms with Crippen LogP contribution in [0.4, 0.5) is 11.8 Å². The second-order valence-corrected chi connectivity index (χ2v) is 7.05. The molecule has 0 aliphatic rings. The van der Waals surface area contributed by atoms with Crippen molar-refractivity contribution >= 4 is 11.8 Å². The normalized spacial score (nSPS) is 10.3. The van der Waals surface area contributed by atoms with Crippen molar-refractivity contribution in [3.8, 4) is 11.5 Å². The molecule has 0 bridgehead atoms. The van der Waals surface area contributed by atoms with Gasteiger partial charge in [0.1, 0.15) is 17.3 Å². The number of hydrogen-bond donors (Lipinski definition) is 4. The number of hydrogen-bond acceptors (Lipinski definition) is 8.